The summed E-state index contributed by atoms with van der Waals surface area (Å²) in [6.07, 6.45) is -4.68. The van der Waals surface area contributed by atoms with Crippen LogP contribution in [0.4, 0.5) is 23.2 Å². The first-order valence-corrected chi connectivity index (χ1v) is 7.41. The van der Waals surface area contributed by atoms with Crippen LogP contribution in [0.5, 0.6) is 0 Å². The second kappa shape index (κ2) is 7.41. The Hall–Kier alpha value is -1.45. The second-order valence-electron chi connectivity index (χ2n) is 4.60. The quantitative estimate of drug-likeness (QED) is 0.578. The van der Waals surface area contributed by atoms with Gasteiger partial charge in [-0.05, 0) is 18.2 Å². The Labute approximate surface area is 137 Å². The van der Waals surface area contributed by atoms with Gasteiger partial charge in [0.05, 0.1) is 19.8 Å². The molecular weight excluding hydrogens is 384 g/mol. The van der Waals surface area contributed by atoms with Gasteiger partial charge in [-0.15, -0.1) is 0 Å². The van der Waals surface area contributed by atoms with Gasteiger partial charge in [0.2, 0.25) is 0 Å². The predicted octanol–water partition coefficient (Wildman–Crippen LogP) is 3.58. The van der Waals surface area contributed by atoms with E-state index in [1.54, 1.807) is 0 Å². The fourth-order valence-electron chi connectivity index (χ4n) is 1.97. The predicted molar refractivity (Wildman–Crippen MR) is 80.8 cm³/mol. The molecular formula is C14H13BrF4N2O2. The number of anilines is 1. The molecule has 0 unspecified atom stereocenters. The third-order valence-electron chi connectivity index (χ3n) is 2.92. The van der Waals surface area contributed by atoms with E-state index in [0.29, 0.717) is 4.47 Å². The lowest BCUT2D eigenvalue weighted by atomic mass is 10.1. The minimum Gasteiger partial charge on any atom is -0.394 e. The molecule has 0 fully saturated rings. The molecule has 1 aromatic heterocycles. The summed E-state index contributed by atoms with van der Waals surface area (Å²) in [5.41, 5.74) is -1.43. The lowest BCUT2D eigenvalue weighted by Gasteiger charge is -2.14. The summed E-state index contributed by atoms with van der Waals surface area (Å²) >= 11 is 3.11. The Morgan fingerprint density at radius 2 is 1.96 bits per heavy atom. The lowest BCUT2D eigenvalue weighted by molar-refractivity contribution is -0.140. The fourth-order valence-corrected chi connectivity index (χ4v) is 2.40. The van der Waals surface area contributed by atoms with Crippen LogP contribution in [0.1, 0.15) is 5.69 Å². The maximum absolute atomic E-state index is 13.9. The number of halogens is 5. The molecule has 4 nitrogen and oxygen atoms in total. The van der Waals surface area contributed by atoms with Crippen molar-refractivity contribution in [3.8, 4) is 0 Å². The first-order valence-electron chi connectivity index (χ1n) is 6.62. The van der Waals surface area contributed by atoms with Crippen molar-refractivity contribution in [2.45, 2.75) is 6.18 Å². The van der Waals surface area contributed by atoms with Crippen LogP contribution in [0.3, 0.4) is 0 Å². The summed E-state index contributed by atoms with van der Waals surface area (Å²) in [7, 11) is 0. The van der Waals surface area contributed by atoms with Gasteiger partial charge < -0.3 is 15.2 Å². The summed E-state index contributed by atoms with van der Waals surface area (Å²) in [4.78, 5) is 3.38. The molecule has 0 saturated heterocycles. The zero-order chi connectivity index (χ0) is 17.0. The number of rotatable bonds is 6. The van der Waals surface area contributed by atoms with Crippen LogP contribution < -0.4 is 5.32 Å². The zero-order valence-electron chi connectivity index (χ0n) is 11.8. The summed E-state index contributed by atoms with van der Waals surface area (Å²) in [6.45, 7) is 0.369. The van der Waals surface area contributed by atoms with E-state index in [1.165, 1.54) is 6.07 Å². The van der Waals surface area contributed by atoms with Crippen molar-refractivity contribution < 1.29 is 27.4 Å². The number of nitrogens with one attached hydrogen (secondary N) is 1. The second-order valence-corrected chi connectivity index (χ2v) is 5.52. The topological polar surface area (TPSA) is 54.4 Å². The van der Waals surface area contributed by atoms with E-state index in [9.17, 15) is 17.6 Å². The highest BCUT2D eigenvalue weighted by Crippen LogP contribution is 2.35. The summed E-state index contributed by atoms with van der Waals surface area (Å²) in [6, 6.07) is 3.38. The number of ether oxygens (including phenoxy) is 1. The number of hydrogen-bond donors (Lipinski definition) is 2. The fraction of sp³-hybridized carbons (Fsp3) is 0.357. The Balaban J connectivity index is 2.39. The van der Waals surface area contributed by atoms with Gasteiger partial charge in [-0.25, -0.2) is 9.37 Å². The monoisotopic (exact) mass is 396 g/mol. The first kappa shape index (κ1) is 17.9. The SMILES string of the molecule is OCCOCCNc1cc(C(F)(F)F)nc2c(F)cc(Br)cc12. The van der Waals surface area contributed by atoms with Gasteiger partial charge in [0.15, 0.2) is 5.82 Å². The Morgan fingerprint density at radius 3 is 2.61 bits per heavy atom. The average molecular weight is 397 g/mol. The summed E-state index contributed by atoms with van der Waals surface area (Å²) < 4.78 is 58.1. The highest BCUT2D eigenvalue weighted by Gasteiger charge is 2.33. The van der Waals surface area contributed by atoms with Crippen LogP contribution in [0.15, 0.2) is 22.7 Å². The molecule has 0 bridgehead atoms. The van der Waals surface area contributed by atoms with Gasteiger partial charge in [0.25, 0.3) is 0 Å². The van der Waals surface area contributed by atoms with Crippen molar-refractivity contribution in [3.63, 3.8) is 0 Å². The van der Waals surface area contributed by atoms with E-state index in [0.717, 1.165) is 12.1 Å². The maximum atomic E-state index is 13.9. The molecule has 2 N–H and O–H groups in total. The number of alkyl halides is 3. The molecule has 2 aromatic rings. The number of benzene rings is 1. The number of hydrogen-bond acceptors (Lipinski definition) is 4. The molecule has 0 radical (unpaired) electrons. The van der Waals surface area contributed by atoms with E-state index in [1.807, 2.05) is 0 Å². The van der Waals surface area contributed by atoms with Crippen LogP contribution in [0.25, 0.3) is 10.9 Å². The van der Waals surface area contributed by atoms with Gasteiger partial charge in [0, 0.05) is 22.1 Å². The van der Waals surface area contributed by atoms with Crippen LogP contribution in [0.2, 0.25) is 0 Å². The molecule has 0 aliphatic rings. The molecule has 0 atom stereocenters. The van der Waals surface area contributed by atoms with Gasteiger partial charge in [-0.2, -0.15) is 13.2 Å². The molecule has 0 amide bonds. The highest BCUT2D eigenvalue weighted by atomic mass is 79.9. The van der Waals surface area contributed by atoms with E-state index < -0.39 is 17.7 Å². The Kier molecular flexibility index (Phi) is 5.77. The van der Waals surface area contributed by atoms with Gasteiger partial charge in [0.1, 0.15) is 11.2 Å². The highest BCUT2D eigenvalue weighted by molar-refractivity contribution is 9.10. The van der Waals surface area contributed by atoms with Crippen molar-refractivity contribution in [2.24, 2.45) is 0 Å². The van der Waals surface area contributed by atoms with E-state index in [4.69, 9.17) is 9.84 Å². The standard InChI is InChI=1S/C14H13BrF4N2O2/c15-8-5-9-11(20-1-3-23-4-2-22)7-12(14(17,18)19)21-13(9)10(16)6-8/h5-7,22H,1-4H2,(H,20,21). The number of aliphatic hydroxyl groups excluding tert-OH is 1. The third kappa shape index (κ3) is 4.52. The summed E-state index contributed by atoms with van der Waals surface area (Å²) in [5, 5.41) is 11.6. The van der Waals surface area contributed by atoms with E-state index >= 15 is 0 Å². The normalized spacial score (nSPS) is 11.9. The van der Waals surface area contributed by atoms with Gasteiger partial charge >= 0.3 is 6.18 Å². The Bertz CT molecular complexity index is 695. The largest absolute Gasteiger partial charge is 0.433 e. The van der Waals surface area contributed by atoms with Crippen molar-refractivity contribution >= 4 is 32.5 Å². The third-order valence-corrected chi connectivity index (χ3v) is 3.38. The smallest absolute Gasteiger partial charge is 0.394 e. The lowest BCUT2D eigenvalue weighted by Crippen LogP contribution is -2.14. The van der Waals surface area contributed by atoms with Crippen molar-refractivity contribution in [1.29, 1.82) is 0 Å². The number of aromatic nitrogens is 1. The van der Waals surface area contributed by atoms with Crippen molar-refractivity contribution in [3.05, 3.63) is 34.2 Å². The molecule has 9 heteroatoms. The molecule has 0 spiro atoms. The molecule has 1 aromatic carbocycles. The number of aliphatic hydroxyl groups is 1. The molecule has 0 aliphatic carbocycles. The summed E-state index contributed by atoms with van der Waals surface area (Å²) in [5.74, 6) is -0.847. The molecule has 0 saturated carbocycles. The number of pyridine rings is 1. The van der Waals surface area contributed by atoms with Gasteiger partial charge in [-0.1, -0.05) is 15.9 Å². The van der Waals surface area contributed by atoms with Crippen LogP contribution in [-0.2, 0) is 10.9 Å². The average Bonchev–Trinajstić information content (AvgIpc) is 2.46. The number of fused-ring (bicyclic) bond motifs is 1. The molecule has 126 valence electrons. The molecule has 1 heterocycles. The van der Waals surface area contributed by atoms with Crippen LogP contribution in [0, 0.1) is 5.82 Å². The van der Waals surface area contributed by atoms with Crippen LogP contribution >= 0.6 is 15.9 Å². The van der Waals surface area contributed by atoms with E-state index in [-0.39, 0.29) is 43.0 Å². The molecule has 2 rings (SSSR count). The molecule has 0 aliphatic heterocycles. The van der Waals surface area contributed by atoms with Crippen LogP contribution in [-0.4, -0.2) is 36.5 Å². The Morgan fingerprint density at radius 1 is 1.22 bits per heavy atom. The van der Waals surface area contributed by atoms with Crippen molar-refractivity contribution in [1.82, 2.24) is 4.98 Å². The van der Waals surface area contributed by atoms with E-state index in [2.05, 4.69) is 26.2 Å². The van der Waals surface area contributed by atoms with Crippen molar-refractivity contribution in [2.75, 3.05) is 31.7 Å². The minimum atomic E-state index is -4.68. The first-order chi connectivity index (χ1) is 10.8. The number of nitrogens with zero attached hydrogens (tertiary/aromatic N) is 1. The maximum Gasteiger partial charge on any atom is 0.433 e. The van der Waals surface area contributed by atoms with Gasteiger partial charge in [-0.3, -0.25) is 0 Å². The minimum absolute atomic E-state index is 0.107. The molecule has 23 heavy (non-hydrogen) atoms. The zero-order valence-corrected chi connectivity index (χ0v) is 13.3.